The number of nitrogens with one attached hydrogen (secondary N) is 2. The first-order valence-corrected chi connectivity index (χ1v) is 7.17. The maximum absolute atomic E-state index is 12.2. The second kappa shape index (κ2) is 5.89. The van der Waals surface area contributed by atoms with E-state index in [0.29, 0.717) is 5.69 Å². The molecule has 3 aromatic rings. The molecule has 3 rings (SSSR count). The molecule has 112 valence electrons. The number of carbonyl (C=O) groups excluding carboxylic acids is 1. The van der Waals surface area contributed by atoms with Crippen LogP contribution >= 0.6 is 0 Å². The van der Waals surface area contributed by atoms with Gasteiger partial charge in [0.25, 0.3) is 5.91 Å². The third-order valence-electron chi connectivity index (χ3n) is 3.61. The molecular formula is C17H18N4O. The number of hydrogen-bond donors (Lipinski definition) is 2. The average Bonchev–Trinajstić information content (AvgIpc) is 3.17. The summed E-state index contributed by atoms with van der Waals surface area (Å²) in [5.41, 5.74) is 2.64. The molecule has 0 saturated carbocycles. The lowest BCUT2D eigenvalue weighted by Crippen LogP contribution is -2.28. The van der Waals surface area contributed by atoms with Crippen molar-refractivity contribution in [2.75, 3.05) is 0 Å². The van der Waals surface area contributed by atoms with Gasteiger partial charge in [-0.3, -0.25) is 4.79 Å². The van der Waals surface area contributed by atoms with Crippen LogP contribution in [0.5, 0.6) is 0 Å². The van der Waals surface area contributed by atoms with Crippen molar-refractivity contribution in [3.63, 3.8) is 0 Å². The molecule has 5 nitrogen and oxygen atoms in total. The van der Waals surface area contributed by atoms with Gasteiger partial charge in [0.2, 0.25) is 0 Å². The van der Waals surface area contributed by atoms with Crippen LogP contribution in [0.1, 0.15) is 29.3 Å². The molecule has 2 N–H and O–H groups in total. The van der Waals surface area contributed by atoms with Gasteiger partial charge in [-0.1, -0.05) is 30.3 Å². The van der Waals surface area contributed by atoms with E-state index in [1.54, 1.807) is 16.8 Å². The Labute approximate surface area is 129 Å². The Hall–Kier alpha value is -2.82. The van der Waals surface area contributed by atoms with Gasteiger partial charge in [-0.2, -0.15) is 0 Å². The van der Waals surface area contributed by atoms with E-state index >= 15 is 0 Å². The first-order valence-electron chi connectivity index (χ1n) is 7.17. The number of carbonyl (C=O) groups is 1. The SMILES string of the molecule is CC(NC(=O)c1cccn1C)c1ncc(-c2ccccc2)[nH]1. The molecule has 0 aliphatic carbocycles. The monoisotopic (exact) mass is 294 g/mol. The van der Waals surface area contributed by atoms with E-state index in [4.69, 9.17) is 0 Å². The summed E-state index contributed by atoms with van der Waals surface area (Å²) in [6, 6.07) is 13.4. The van der Waals surface area contributed by atoms with Gasteiger partial charge in [0.1, 0.15) is 11.5 Å². The zero-order chi connectivity index (χ0) is 15.5. The number of benzene rings is 1. The minimum Gasteiger partial charge on any atom is -0.347 e. The number of rotatable bonds is 4. The van der Waals surface area contributed by atoms with E-state index in [0.717, 1.165) is 17.1 Å². The number of nitrogens with zero attached hydrogens (tertiary/aromatic N) is 2. The second-order valence-corrected chi connectivity index (χ2v) is 5.25. The summed E-state index contributed by atoms with van der Waals surface area (Å²) < 4.78 is 1.79. The zero-order valence-electron chi connectivity index (χ0n) is 12.6. The highest BCUT2D eigenvalue weighted by Gasteiger charge is 2.16. The Kier molecular flexibility index (Phi) is 3.78. The highest BCUT2D eigenvalue weighted by molar-refractivity contribution is 5.92. The van der Waals surface area contributed by atoms with Crippen LogP contribution < -0.4 is 5.32 Å². The molecule has 0 bridgehead atoms. The molecule has 1 aromatic carbocycles. The van der Waals surface area contributed by atoms with E-state index in [1.165, 1.54) is 0 Å². The highest BCUT2D eigenvalue weighted by Crippen LogP contribution is 2.19. The van der Waals surface area contributed by atoms with E-state index in [2.05, 4.69) is 15.3 Å². The molecular weight excluding hydrogens is 276 g/mol. The van der Waals surface area contributed by atoms with Gasteiger partial charge in [0, 0.05) is 13.2 Å². The number of aromatic amines is 1. The van der Waals surface area contributed by atoms with Crippen LogP contribution in [-0.2, 0) is 7.05 Å². The molecule has 22 heavy (non-hydrogen) atoms. The molecule has 1 unspecified atom stereocenters. The molecule has 0 spiro atoms. The Morgan fingerprint density at radius 1 is 1.23 bits per heavy atom. The fourth-order valence-corrected chi connectivity index (χ4v) is 2.36. The van der Waals surface area contributed by atoms with Crippen LogP contribution in [0.25, 0.3) is 11.3 Å². The van der Waals surface area contributed by atoms with Crippen molar-refractivity contribution >= 4 is 5.91 Å². The first-order chi connectivity index (χ1) is 10.6. The lowest BCUT2D eigenvalue weighted by molar-refractivity contribution is 0.0930. The van der Waals surface area contributed by atoms with Crippen molar-refractivity contribution in [3.8, 4) is 11.3 Å². The van der Waals surface area contributed by atoms with Crippen molar-refractivity contribution in [3.05, 3.63) is 66.4 Å². The summed E-state index contributed by atoms with van der Waals surface area (Å²) in [6.45, 7) is 1.91. The van der Waals surface area contributed by atoms with Crippen LogP contribution in [0, 0.1) is 0 Å². The number of imidazole rings is 1. The van der Waals surface area contributed by atoms with E-state index in [-0.39, 0.29) is 11.9 Å². The minimum atomic E-state index is -0.195. The molecule has 0 saturated heterocycles. The Bertz CT molecular complexity index is 773. The van der Waals surface area contributed by atoms with Gasteiger partial charge in [-0.25, -0.2) is 4.98 Å². The first kappa shape index (κ1) is 14.1. The molecule has 0 aliphatic rings. The highest BCUT2D eigenvalue weighted by atomic mass is 16.2. The molecule has 0 fully saturated rings. The summed E-state index contributed by atoms with van der Waals surface area (Å²) in [5.74, 6) is 0.624. The van der Waals surface area contributed by atoms with Crippen molar-refractivity contribution in [2.24, 2.45) is 7.05 Å². The minimum absolute atomic E-state index is 0.113. The number of hydrogen-bond acceptors (Lipinski definition) is 2. The number of aromatic nitrogens is 3. The van der Waals surface area contributed by atoms with Crippen molar-refractivity contribution < 1.29 is 4.79 Å². The second-order valence-electron chi connectivity index (χ2n) is 5.25. The maximum atomic E-state index is 12.2. The van der Waals surface area contributed by atoms with Gasteiger partial charge in [-0.05, 0) is 24.6 Å². The van der Waals surface area contributed by atoms with E-state index in [1.807, 2.05) is 56.6 Å². The molecule has 2 heterocycles. The van der Waals surface area contributed by atoms with Gasteiger partial charge in [0.15, 0.2) is 0 Å². The van der Waals surface area contributed by atoms with E-state index in [9.17, 15) is 4.79 Å². The normalized spacial score (nSPS) is 12.1. The Morgan fingerprint density at radius 2 is 2.00 bits per heavy atom. The number of amides is 1. The van der Waals surface area contributed by atoms with Crippen molar-refractivity contribution in [2.45, 2.75) is 13.0 Å². The predicted octanol–water partition coefficient (Wildman–Crippen LogP) is 2.91. The molecule has 1 atom stereocenters. The molecule has 0 aliphatic heterocycles. The topological polar surface area (TPSA) is 62.7 Å². The Morgan fingerprint density at radius 3 is 2.68 bits per heavy atom. The van der Waals surface area contributed by atoms with Crippen LogP contribution in [0.3, 0.4) is 0 Å². The third-order valence-corrected chi connectivity index (χ3v) is 3.61. The van der Waals surface area contributed by atoms with Gasteiger partial charge >= 0.3 is 0 Å². The summed E-state index contributed by atoms with van der Waals surface area (Å²) in [6.07, 6.45) is 3.63. The van der Waals surface area contributed by atoms with Gasteiger partial charge < -0.3 is 14.9 Å². The largest absolute Gasteiger partial charge is 0.347 e. The summed E-state index contributed by atoms with van der Waals surface area (Å²) in [7, 11) is 1.85. The molecule has 0 radical (unpaired) electrons. The van der Waals surface area contributed by atoms with Gasteiger partial charge in [-0.15, -0.1) is 0 Å². The van der Waals surface area contributed by atoms with Gasteiger partial charge in [0.05, 0.1) is 17.9 Å². The van der Waals surface area contributed by atoms with Crippen molar-refractivity contribution in [1.29, 1.82) is 0 Å². The maximum Gasteiger partial charge on any atom is 0.268 e. The quantitative estimate of drug-likeness (QED) is 0.777. The smallest absolute Gasteiger partial charge is 0.268 e. The lowest BCUT2D eigenvalue weighted by Gasteiger charge is -2.12. The third kappa shape index (κ3) is 2.79. The molecule has 5 heteroatoms. The van der Waals surface area contributed by atoms with Crippen molar-refractivity contribution in [1.82, 2.24) is 19.9 Å². The molecule has 2 aromatic heterocycles. The Balaban J connectivity index is 1.73. The van der Waals surface area contributed by atoms with Crippen LogP contribution in [-0.4, -0.2) is 20.4 Å². The van der Waals surface area contributed by atoms with Crippen LogP contribution in [0.4, 0.5) is 0 Å². The van der Waals surface area contributed by atoms with Crippen LogP contribution in [0.15, 0.2) is 54.9 Å². The fourth-order valence-electron chi connectivity index (χ4n) is 2.36. The van der Waals surface area contributed by atoms with E-state index < -0.39 is 0 Å². The zero-order valence-corrected chi connectivity index (χ0v) is 12.6. The standard InChI is InChI=1S/C17H18N4O/c1-12(19-17(22)15-9-6-10-21(15)2)16-18-11-14(20-16)13-7-4-3-5-8-13/h3-12H,1-2H3,(H,18,20)(H,19,22). The summed E-state index contributed by atoms with van der Waals surface area (Å²) >= 11 is 0. The fraction of sp³-hybridized carbons (Fsp3) is 0.176. The summed E-state index contributed by atoms with van der Waals surface area (Å²) in [4.78, 5) is 19.8. The number of aryl methyl sites for hydroxylation is 1. The molecule has 1 amide bonds. The van der Waals surface area contributed by atoms with Crippen LogP contribution in [0.2, 0.25) is 0 Å². The average molecular weight is 294 g/mol. The predicted molar refractivity (Wildman–Crippen MR) is 85.3 cm³/mol. The summed E-state index contributed by atoms with van der Waals surface area (Å²) in [5, 5.41) is 2.95. The number of H-pyrrole nitrogens is 1. The lowest BCUT2D eigenvalue weighted by atomic mass is 10.2.